The lowest BCUT2D eigenvalue weighted by molar-refractivity contribution is 0.475. The largest absolute Gasteiger partial charge is 0.399 e. The Bertz CT molecular complexity index is 847. The summed E-state index contributed by atoms with van der Waals surface area (Å²) in [6.45, 7) is 0. The Morgan fingerprint density at radius 1 is 1.13 bits per heavy atom. The highest BCUT2D eigenvalue weighted by atomic mass is 15.3. The van der Waals surface area contributed by atoms with Gasteiger partial charge in [0, 0.05) is 12.1 Å². The van der Waals surface area contributed by atoms with Gasteiger partial charge in [-0.3, -0.25) is 0 Å². The summed E-state index contributed by atoms with van der Waals surface area (Å²) in [5, 5.41) is 5.73. The molecule has 0 radical (unpaired) electrons. The zero-order valence-corrected chi connectivity index (χ0v) is 12.9. The molecule has 0 atom stereocenters. The van der Waals surface area contributed by atoms with Crippen molar-refractivity contribution in [3.05, 3.63) is 41.9 Å². The van der Waals surface area contributed by atoms with Crippen molar-refractivity contribution in [2.45, 2.75) is 38.1 Å². The fourth-order valence-corrected chi connectivity index (χ4v) is 3.49. The third-order valence-corrected chi connectivity index (χ3v) is 4.58. The molecule has 2 aromatic heterocycles. The number of rotatable bonds is 3. The molecule has 0 bridgehead atoms. The average molecular weight is 308 g/mol. The van der Waals surface area contributed by atoms with E-state index in [0.717, 1.165) is 40.8 Å². The van der Waals surface area contributed by atoms with Gasteiger partial charge in [-0.05, 0) is 30.5 Å². The average Bonchev–Trinajstić information content (AvgIpc) is 3.16. The van der Waals surface area contributed by atoms with Crippen LogP contribution in [0.25, 0.3) is 11.0 Å². The van der Waals surface area contributed by atoms with Crippen molar-refractivity contribution in [1.82, 2.24) is 19.7 Å². The Kier molecular flexibility index (Phi) is 3.37. The van der Waals surface area contributed by atoms with Gasteiger partial charge in [-0.1, -0.05) is 25.0 Å². The second kappa shape index (κ2) is 5.53. The first-order valence-electron chi connectivity index (χ1n) is 8.04. The lowest BCUT2D eigenvalue weighted by atomic mass is 10.1. The Morgan fingerprint density at radius 2 is 1.96 bits per heavy atom. The van der Waals surface area contributed by atoms with Gasteiger partial charge in [0.15, 0.2) is 5.65 Å². The first-order chi connectivity index (χ1) is 11.2. The maximum atomic E-state index is 6.12. The van der Waals surface area contributed by atoms with Gasteiger partial charge in [0.2, 0.25) is 0 Å². The third kappa shape index (κ3) is 2.50. The van der Waals surface area contributed by atoms with E-state index < -0.39 is 0 Å². The van der Waals surface area contributed by atoms with Crippen LogP contribution in [0.3, 0.4) is 0 Å². The van der Waals surface area contributed by atoms with E-state index in [1.807, 2.05) is 18.2 Å². The Morgan fingerprint density at radius 3 is 2.74 bits per heavy atom. The van der Waals surface area contributed by atoms with E-state index in [2.05, 4.69) is 20.7 Å². The molecule has 1 aliphatic rings. The van der Waals surface area contributed by atoms with Crippen LogP contribution in [0, 0.1) is 0 Å². The van der Waals surface area contributed by atoms with Gasteiger partial charge in [-0.2, -0.15) is 5.10 Å². The van der Waals surface area contributed by atoms with Crippen molar-refractivity contribution >= 4 is 22.5 Å². The lowest BCUT2D eigenvalue weighted by Gasteiger charge is -2.10. The Balaban J connectivity index is 1.82. The van der Waals surface area contributed by atoms with Crippen LogP contribution in [-0.4, -0.2) is 19.7 Å². The lowest BCUT2D eigenvalue weighted by Crippen LogP contribution is -2.08. The van der Waals surface area contributed by atoms with E-state index in [1.165, 1.54) is 19.2 Å². The van der Waals surface area contributed by atoms with Gasteiger partial charge in [-0.15, -0.1) is 0 Å². The normalized spacial score (nSPS) is 15.5. The quantitative estimate of drug-likeness (QED) is 0.725. The number of hydrogen-bond donors (Lipinski definition) is 2. The van der Waals surface area contributed by atoms with Crippen LogP contribution >= 0.6 is 0 Å². The molecule has 0 saturated heterocycles. The number of nitrogens with two attached hydrogens (primary N) is 2. The van der Waals surface area contributed by atoms with Gasteiger partial charge in [-0.25, -0.2) is 14.6 Å². The number of benzene rings is 1. The minimum atomic E-state index is 0.418. The van der Waals surface area contributed by atoms with Gasteiger partial charge < -0.3 is 11.5 Å². The number of nitrogen functional groups attached to an aromatic ring is 2. The molecule has 1 saturated carbocycles. The number of hydrogen-bond acceptors (Lipinski definition) is 5. The molecule has 4 N–H and O–H groups in total. The SMILES string of the molecule is Nc1cccc(Cc2nn(C3CCCC3)c3ncnc(N)c23)c1. The molecular weight excluding hydrogens is 288 g/mol. The highest BCUT2D eigenvalue weighted by Crippen LogP contribution is 2.33. The maximum Gasteiger partial charge on any atom is 0.163 e. The number of anilines is 2. The van der Waals surface area contributed by atoms with E-state index in [4.69, 9.17) is 16.6 Å². The smallest absolute Gasteiger partial charge is 0.163 e. The topological polar surface area (TPSA) is 95.6 Å². The predicted molar refractivity (Wildman–Crippen MR) is 90.9 cm³/mol. The summed E-state index contributed by atoms with van der Waals surface area (Å²) in [5.74, 6) is 0.498. The molecule has 23 heavy (non-hydrogen) atoms. The summed E-state index contributed by atoms with van der Waals surface area (Å²) in [6.07, 6.45) is 7.00. The van der Waals surface area contributed by atoms with Gasteiger partial charge in [0.05, 0.1) is 17.1 Å². The summed E-state index contributed by atoms with van der Waals surface area (Å²) in [5.41, 5.74) is 15.7. The van der Waals surface area contributed by atoms with E-state index in [9.17, 15) is 0 Å². The van der Waals surface area contributed by atoms with Crippen molar-refractivity contribution in [3.63, 3.8) is 0 Å². The molecule has 0 amide bonds. The standard InChI is InChI=1S/C17H20N6/c18-12-5-3-4-11(8-12)9-14-15-16(19)20-10-21-17(15)23(22-14)13-6-1-2-7-13/h3-5,8,10,13H,1-2,6-7,9,18H2,(H2,19,20,21). The van der Waals surface area contributed by atoms with Gasteiger partial charge >= 0.3 is 0 Å². The van der Waals surface area contributed by atoms with E-state index in [0.29, 0.717) is 18.3 Å². The highest BCUT2D eigenvalue weighted by Gasteiger charge is 2.23. The van der Waals surface area contributed by atoms with Crippen molar-refractivity contribution < 1.29 is 0 Å². The van der Waals surface area contributed by atoms with E-state index in [-0.39, 0.29) is 0 Å². The summed E-state index contributed by atoms with van der Waals surface area (Å²) in [6, 6.07) is 8.29. The Labute approximate surface area is 134 Å². The Hall–Kier alpha value is -2.63. The predicted octanol–water partition coefficient (Wildman–Crippen LogP) is 2.70. The minimum absolute atomic E-state index is 0.418. The highest BCUT2D eigenvalue weighted by molar-refractivity contribution is 5.88. The molecule has 0 unspecified atom stereocenters. The summed E-state index contributed by atoms with van der Waals surface area (Å²) in [4.78, 5) is 8.61. The van der Waals surface area contributed by atoms with Crippen molar-refractivity contribution in [2.24, 2.45) is 0 Å². The number of aromatic nitrogens is 4. The van der Waals surface area contributed by atoms with E-state index >= 15 is 0 Å². The fraction of sp³-hybridized carbons (Fsp3) is 0.353. The second-order valence-corrected chi connectivity index (χ2v) is 6.21. The molecule has 6 nitrogen and oxygen atoms in total. The molecule has 2 heterocycles. The van der Waals surface area contributed by atoms with Crippen LogP contribution < -0.4 is 11.5 Å². The van der Waals surface area contributed by atoms with Crippen molar-refractivity contribution in [3.8, 4) is 0 Å². The van der Waals surface area contributed by atoms with Crippen LogP contribution in [0.2, 0.25) is 0 Å². The molecule has 0 spiro atoms. The fourth-order valence-electron chi connectivity index (χ4n) is 3.49. The van der Waals surface area contributed by atoms with Crippen LogP contribution in [0.1, 0.15) is 43.0 Å². The van der Waals surface area contributed by atoms with Crippen LogP contribution in [0.5, 0.6) is 0 Å². The molecular formula is C17H20N6. The first-order valence-corrected chi connectivity index (χ1v) is 8.04. The molecule has 1 aliphatic carbocycles. The molecule has 6 heteroatoms. The molecule has 1 aromatic carbocycles. The van der Waals surface area contributed by atoms with E-state index in [1.54, 1.807) is 0 Å². The molecule has 3 aromatic rings. The first kappa shape index (κ1) is 14.0. The number of fused-ring (bicyclic) bond motifs is 1. The van der Waals surface area contributed by atoms with Crippen molar-refractivity contribution in [2.75, 3.05) is 11.5 Å². The summed E-state index contributed by atoms with van der Waals surface area (Å²) < 4.78 is 2.06. The zero-order valence-electron chi connectivity index (χ0n) is 12.9. The third-order valence-electron chi connectivity index (χ3n) is 4.58. The van der Waals surface area contributed by atoms with Crippen LogP contribution in [0.4, 0.5) is 11.5 Å². The zero-order chi connectivity index (χ0) is 15.8. The molecule has 1 fully saturated rings. The molecule has 0 aliphatic heterocycles. The van der Waals surface area contributed by atoms with Crippen LogP contribution in [-0.2, 0) is 6.42 Å². The monoisotopic (exact) mass is 308 g/mol. The summed E-state index contributed by atoms with van der Waals surface area (Å²) in [7, 11) is 0. The molecule has 118 valence electrons. The van der Waals surface area contributed by atoms with Gasteiger partial charge in [0.25, 0.3) is 0 Å². The number of nitrogens with zero attached hydrogens (tertiary/aromatic N) is 4. The molecule has 4 rings (SSSR count). The summed E-state index contributed by atoms with van der Waals surface area (Å²) >= 11 is 0. The van der Waals surface area contributed by atoms with Crippen molar-refractivity contribution in [1.29, 1.82) is 0 Å². The maximum absolute atomic E-state index is 6.12. The minimum Gasteiger partial charge on any atom is -0.399 e. The van der Waals surface area contributed by atoms with Gasteiger partial charge in [0.1, 0.15) is 12.1 Å². The van der Waals surface area contributed by atoms with Crippen LogP contribution in [0.15, 0.2) is 30.6 Å². The second-order valence-electron chi connectivity index (χ2n) is 6.21.